The van der Waals surface area contributed by atoms with E-state index in [9.17, 15) is 19.8 Å². The Balaban J connectivity index is 2.16. The Hall–Kier alpha value is -1.66. The fourth-order valence-electron chi connectivity index (χ4n) is 5.50. The van der Waals surface area contributed by atoms with E-state index in [1.807, 2.05) is 27.7 Å². The van der Waals surface area contributed by atoms with Crippen molar-refractivity contribution in [1.29, 1.82) is 0 Å². The average molecular weight is 465 g/mol. The van der Waals surface area contributed by atoms with Gasteiger partial charge in [-0.15, -0.1) is 0 Å². The highest BCUT2D eigenvalue weighted by Crippen LogP contribution is 2.48. The summed E-state index contributed by atoms with van der Waals surface area (Å²) in [5.74, 6) is 0.210. The molecule has 2 aliphatic carbocycles. The molecule has 0 heterocycles. The second kappa shape index (κ2) is 12.2. The summed E-state index contributed by atoms with van der Waals surface area (Å²) in [4.78, 5) is 23.8. The van der Waals surface area contributed by atoms with Gasteiger partial charge in [-0.3, -0.25) is 9.59 Å². The third-order valence-electron chi connectivity index (χ3n) is 7.81. The molecule has 3 N–H and O–H groups in total. The van der Waals surface area contributed by atoms with Crippen LogP contribution < -0.4 is 0 Å². The van der Waals surface area contributed by atoms with Crippen molar-refractivity contribution < 1.29 is 29.6 Å². The molecule has 0 spiro atoms. The largest absolute Gasteiger partial charge is 0.481 e. The fourth-order valence-corrected chi connectivity index (χ4v) is 5.50. The maximum atomic E-state index is 13.0. The Kier molecular flexibility index (Phi) is 10.2. The van der Waals surface area contributed by atoms with Crippen molar-refractivity contribution in [1.82, 2.24) is 0 Å². The molecule has 0 amide bonds. The lowest BCUT2D eigenvalue weighted by Gasteiger charge is -2.48. The lowest BCUT2D eigenvalue weighted by atomic mass is 9.60. The monoisotopic (exact) mass is 464 g/mol. The maximum Gasteiger partial charge on any atom is 0.311 e. The zero-order valence-corrected chi connectivity index (χ0v) is 20.9. The highest BCUT2D eigenvalue weighted by atomic mass is 16.5. The van der Waals surface area contributed by atoms with Crippen LogP contribution in [0, 0.1) is 35.0 Å². The van der Waals surface area contributed by atoms with Crippen LogP contribution >= 0.6 is 0 Å². The van der Waals surface area contributed by atoms with Crippen LogP contribution in [0.5, 0.6) is 0 Å². The minimum atomic E-state index is -1.07. The lowest BCUT2D eigenvalue weighted by molar-refractivity contribution is -0.169. The van der Waals surface area contributed by atoms with Crippen molar-refractivity contribution in [3.8, 4) is 0 Å². The molecule has 0 aromatic rings. The van der Waals surface area contributed by atoms with Gasteiger partial charge in [-0.2, -0.15) is 0 Å². The molecule has 188 valence electrons. The van der Waals surface area contributed by atoms with E-state index < -0.39 is 23.6 Å². The average Bonchev–Trinajstić information content (AvgIpc) is 2.72. The van der Waals surface area contributed by atoms with Crippen molar-refractivity contribution >= 4 is 11.9 Å². The first-order chi connectivity index (χ1) is 15.5. The summed E-state index contributed by atoms with van der Waals surface area (Å²) in [5, 5.41) is 29.1. The molecular formula is C27H44O6. The molecule has 0 aliphatic heterocycles. The summed E-state index contributed by atoms with van der Waals surface area (Å²) in [5.41, 5.74) is -0.523. The molecule has 6 heteroatoms. The van der Waals surface area contributed by atoms with E-state index in [1.54, 1.807) is 0 Å². The number of rotatable bonds is 11. The third-order valence-corrected chi connectivity index (χ3v) is 7.81. The summed E-state index contributed by atoms with van der Waals surface area (Å²) < 4.78 is 6.21. The molecule has 2 rings (SSSR count). The van der Waals surface area contributed by atoms with Crippen molar-refractivity contribution in [2.45, 2.75) is 97.9 Å². The maximum absolute atomic E-state index is 13.0. The van der Waals surface area contributed by atoms with Gasteiger partial charge < -0.3 is 20.1 Å². The molecule has 2 aliphatic rings. The van der Waals surface area contributed by atoms with Crippen LogP contribution in [0.25, 0.3) is 0 Å². The number of carboxylic acid groups (broad SMARTS) is 1. The second-order valence-corrected chi connectivity index (χ2v) is 10.8. The highest BCUT2D eigenvalue weighted by molar-refractivity contribution is 5.76. The molecule has 0 saturated heterocycles. The van der Waals surface area contributed by atoms with Crippen LogP contribution in [0.3, 0.4) is 0 Å². The van der Waals surface area contributed by atoms with E-state index in [1.165, 1.54) is 0 Å². The number of carbonyl (C=O) groups is 2. The summed E-state index contributed by atoms with van der Waals surface area (Å²) in [6, 6.07) is 0. The van der Waals surface area contributed by atoms with Gasteiger partial charge in [0.15, 0.2) is 0 Å². The number of aliphatic hydroxyl groups is 2. The van der Waals surface area contributed by atoms with E-state index in [4.69, 9.17) is 9.84 Å². The Morgan fingerprint density at radius 1 is 1.18 bits per heavy atom. The predicted octanol–water partition coefficient (Wildman–Crippen LogP) is 4.74. The second-order valence-electron chi connectivity index (χ2n) is 10.8. The van der Waals surface area contributed by atoms with Crippen LogP contribution in [0.15, 0.2) is 24.3 Å². The van der Waals surface area contributed by atoms with E-state index in [0.717, 1.165) is 25.7 Å². The molecule has 0 bridgehead atoms. The number of aliphatic hydroxyl groups excluding tert-OH is 2. The minimum Gasteiger partial charge on any atom is -0.481 e. The standard InChI is InChI=1S/C27H44O6/c1-6-8-18-13-19-10-9-17(3)22(12-11-20(28)15-21(29)16-24(30)31)25(19)23(14-18)33-26(32)27(4,5)7-2/h6,8-10,17-23,25,28-29H,7,11-16H2,1-5H3,(H,30,31)/b8-6+/t17-,18-,19-,20+,21+,22-,23-,25-/m0/s1. The first-order valence-electron chi connectivity index (χ1n) is 12.6. The van der Waals surface area contributed by atoms with Crippen LogP contribution in [-0.4, -0.2) is 45.6 Å². The summed E-state index contributed by atoms with van der Waals surface area (Å²) in [6.07, 6.45) is 10.4. The van der Waals surface area contributed by atoms with E-state index in [-0.39, 0.29) is 36.8 Å². The smallest absolute Gasteiger partial charge is 0.311 e. The molecule has 6 nitrogen and oxygen atoms in total. The van der Waals surface area contributed by atoms with Gasteiger partial charge >= 0.3 is 11.9 Å². The topological polar surface area (TPSA) is 104 Å². The van der Waals surface area contributed by atoms with Crippen molar-refractivity contribution in [3.05, 3.63) is 24.3 Å². The first-order valence-corrected chi connectivity index (χ1v) is 12.6. The zero-order valence-electron chi connectivity index (χ0n) is 20.9. The number of hydrogen-bond donors (Lipinski definition) is 3. The van der Waals surface area contributed by atoms with Crippen molar-refractivity contribution in [2.24, 2.45) is 35.0 Å². The Morgan fingerprint density at radius 2 is 1.88 bits per heavy atom. The van der Waals surface area contributed by atoms with Gasteiger partial charge in [-0.05, 0) is 83.0 Å². The third kappa shape index (κ3) is 7.68. The Morgan fingerprint density at radius 3 is 2.48 bits per heavy atom. The van der Waals surface area contributed by atoms with E-state index in [2.05, 4.69) is 31.2 Å². The Labute approximate surface area is 199 Å². The van der Waals surface area contributed by atoms with Gasteiger partial charge in [0, 0.05) is 5.92 Å². The fraction of sp³-hybridized carbons (Fsp3) is 0.778. The number of carbonyl (C=O) groups excluding carboxylic acids is 1. The van der Waals surface area contributed by atoms with E-state index >= 15 is 0 Å². The molecular weight excluding hydrogens is 420 g/mol. The molecule has 1 saturated carbocycles. The first kappa shape index (κ1) is 27.6. The van der Waals surface area contributed by atoms with E-state index in [0.29, 0.717) is 24.2 Å². The van der Waals surface area contributed by atoms with Gasteiger partial charge in [-0.1, -0.05) is 38.2 Å². The quantitative estimate of drug-likeness (QED) is 0.301. The molecule has 8 atom stereocenters. The SMILES string of the molecule is C/C=C/[C@@H]1C[C@H](OC(=O)C(C)(C)CC)[C@@H]2[C@@H](CC[C@@H](O)C[C@@H](O)CC(=O)O)[C@@H](C)C=C[C@H]2C1. The molecule has 1 fully saturated rings. The number of aliphatic carboxylic acids is 1. The van der Waals surface area contributed by atoms with Crippen molar-refractivity contribution in [3.63, 3.8) is 0 Å². The molecule has 33 heavy (non-hydrogen) atoms. The number of allylic oxidation sites excluding steroid dienone is 4. The zero-order chi connectivity index (χ0) is 24.8. The van der Waals surface area contributed by atoms with Crippen molar-refractivity contribution in [2.75, 3.05) is 0 Å². The molecule has 0 radical (unpaired) electrons. The summed E-state index contributed by atoms with van der Waals surface area (Å²) >= 11 is 0. The minimum absolute atomic E-state index is 0.0593. The number of esters is 1. The Bertz CT molecular complexity index is 711. The van der Waals surface area contributed by atoms with Crippen LogP contribution in [0.1, 0.15) is 79.6 Å². The normalized spacial score (nSPS) is 31.7. The van der Waals surface area contributed by atoms with Gasteiger partial charge in [0.05, 0.1) is 24.0 Å². The summed E-state index contributed by atoms with van der Waals surface area (Å²) in [7, 11) is 0. The highest BCUT2D eigenvalue weighted by Gasteiger charge is 2.46. The van der Waals surface area contributed by atoms with Crippen LogP contribution in [0.4, 0.5) is 0 Å². The summed E-state index contributed by atoms with van der Waals surface area (Å²) in [6.45, 7) is 10.1. The van der Waals surface area contributed by atoms with Gasteiger partial charge in [-0.25, -0.2) is 0 Å². The van der Waals surface area contributed by atoms with Crippen LogP contribution in [0.2, 0.25) is 0 Å². The lowest BCUT2D eigenvalue weighted by Crippen LogP contribution is -2.47. The number of hydrogen-bond acceptors (Lipinski definition) is 5. The van der Waals surface area contributed by atoms with Crippen LogP contribution in [-0.2, 0) is 14.3 Å². The number of carboxylic acids is 1. The molecule has 0 unspecified atom stereocenters. The number of ether oxygens (including phenoxy) is 1. The number of fused-ring (bicyclic) bond motifs is 1. The molecule has 0 aromatic heterocycles. The van der Waals surface area contributed by atoms with Gasteiger partial charge in [0.2, 0.25) is 0 Å². The van der Waals surface area contributed by atoms with Gasteiger partial charge in [0.25, 0.3) is 0 Å². The molecule has 0 aromatic carbocycles. The van der Waals surface area contributed by atoms with Gasteiger partial charge in [0.1, 0.15) is 6.10 Å². The predicted molar refractivity (Wildman–Crippen MR) is 128 cm³/mol.